The van der Waals surface area contributed by atoms with Gasteiger partial charge in [0.1, 0.15) is 0 Å². The highest BCUT2D eigenvalue weighted by molar-refractivity contribution is 7.80. The van der Waals surface area contributed by atoms with Gasteiger partial charge in [-0.25, -0.2) is 0 Å². The van der Waals surface area contributed by atoms with Crippen LogP contribution in [0.1, 0.15) is 30.9 Å². The second kappa shape index (κ2) is 8.16. The van der Waals surface area contributed by atoms with E-state index in [0.717, 1.165) is 23.7 Å². The SMILES string of the molecule is CC(C)c1ccc(NC(=S)NCCc2ccc(Cl)cc2)cc1. The second-order valence-corrected chi connectivity index (χ2v) is 6.38. The molecule has 0 saturated carbocycles. The Bertz CT molecular complexity index is 606. The fourth-order valence-corrected chi connectivity index (χ4v) is 2.44. The summed E-state index contributed by atoms with van der Waals surface area (Å²) in [4.78, 5) is 0. The minimum atomic E-state index is 0.540. The van der Waals surface area contributed by atoms with E-state index in [1.165, 1.54) is 11.1 Å². The lowest BCUT2D eigenvalue weighted by atomic mass is 10.0. The topological polar surface area (TPSA) is 24.1 Å². The van der Waals surface area contributed by atoms with E-state index in [9.17, 15) is 0 Å². The highest BCUT2D eigenvalue weighted by Gasteiger charge is 2.01. The highest BCUT2D eigenvalue weighted by Crippen LogP contribution is 2.17. The summed E-state index contributed by atoms with van der Waals surface area (Å²) in [7, 11) is 0. The third-order valence-corrected chi connectivity index (χ3v) is 3.95. The number of benzene rings is 2. The summed E-state index contributed by atoms with van der Waals surface area (Å²) in [5, 5.41) is 7.83. The lowest BCUT2D eigenvalue weighted by Gasteiger charge is -2.12. The van der Waals surface area contributed by atoms with Gasteiger partial charge in [-0.2, -0.15) is 0 Å². The van der Waals surface area contributed by atoms with Gasteiger partial charge in [0, 0.05) is 17.3 Å². The van der Waals surface area contributed by atoms with Crippen LogP contribution in [0.15, 0.2) is 48.5 Å². The average Bonchev–Trinajstić information content (AvgIpc) is 2.50. The van der Waals surface area contributed by atoms with Crippen LogP contribution in [-0.2, 0) is 6.42 Å². The first kappa shape index (κ1) is 16.8. The number of nitrogens with one attached hydrogen (secondary N) is 2. The molecule has 116 valence electrons. The lowest BCUT2D eigenvalue weighted by Crippen LogP contribution is -2.30. The van der Waals surface area contributed by atoms with Crippen molar-refractivity contribution in [3.05, 3.63) is 64.7 Å². The van der Waals surface area contributed by atoms with Gasteiger partial charge in [0.15, 0.2) is 5.11 Å². The monoisotopic (exact) mass is 332 g/mol. The first-order chi connectivity index (χ1) is 10.5. The van der Waals surface area contributed by atoms with E-state index in [2.05, 4.69) is 48.7 Å². The maximum absolute atomic E-state index is 5.87. The molecule has 2 N–H and O–H groups in total. The molecular formula is C18H21ClN2S. The number of thiocarbonyl (C=S) groups is 1. The summed E-state index contributed by atoms with van der Waals surface area (Å²) in [5.41, 5.74) is 3.57. The summed E-state index contributed by atoms with van der Waals surface area (Å²) in [6.45, 7) is 5.16. The zero-order valence-electron chi connectivity index (χ0n) is 12.9. The minimum absolute atomic E-state index is 0.540. The van der Waals surface area contributed by atoms with Crippen molar-refractivity contribution in [1.82, 2.24) is 5.32 Å². The zero-order chi connectivity index (χ0) is 15.9. The van der Waals surface area contributed by atoms with Crippen LogP contribution >= 0.6 is 23.8 Å². The lowest BCUT2D eigenvalue weighted by molar-refractivity contribution is 0.866. The van der Waals surface area contributed by atoms with Crippen LogP contribution in [0.4, 0.5) is 5.69 Å². The normalized spacial score (nSPS) is 10.5. The fourth-order valence-electron chi connectivity index (χ4n) is 2.10. The van der Waals surface area contributed by atoms with Crippen LogP contribution in [0, 0.1) is 0 Å². The van der Waals surface area contributed by atoms with Crippen LogP contribution in [0.25, 0.3) is 0 Å². The van der Waals surface area contributed by atoms with Crippen molar-refractivity contribution in [1.29, 1.82) is 0 Å². The molecule has 2 nitrogen and oxygen atoms in total. The summed E-state index contributed by atoms with van der Waals surface area (Å²) in [6, 6.07) is 16.3. The predicted octanol–water partition coefficient (Wildman–Crippen LogP) is 4.99. The molecule has 0 spiro atoms. The summed E-state index contributed by atoms with van der Waals surface area (Å²) >= 11 is 11.2. The average molecular weight is 333 g/mol. The van der Waals surface area contributed by atoms with Gasteiger partial charge in [-0.05, 0) is 59.9 Å². The Morgan fingerprint density at radius 3 is 2.27 bits per heavy atom. The molecule has 0 heterocycles. The molecule has 2 aromatic rings. The summed E-state index contributed by atoms with van der Waals surface area (Å²) in [6.07, 6.45) is 0.908. The molecule has 4 heteroatoms. The second-order valence-electron chi connectivity index (χ2n) is 5.53. The van der Waals surface area contributed by atoms with Crippen molar-refractivity contribution in [2.45, 2.75) is 26.2 Å². The van der Waals surface area contributed by atoms with Crippen molar-refractivity contribution >= 4 is 34.6 Å². The fraction of sp³-hybridized carbons (Fsp3) is 0.278. The number of hydrogen-bond acceptors (Lipinski definition) is 1. The molecule has 0 bridgehead atoms. The largest absolute Gasteiger partial charge is 0.362 e. The van der Waals surface area contributed by atoms with E-state index in [-0.39, 0.29) is 0 Å². The number of hydrogen-bond donors (Lipinski definition) is 2. The summed E-state index contributed by atoms with van der Waals surface area (Å²) < 4.78 is 0. The Labute approximate surface area is 142 Å². The van der Waals surface area contributed by atoms with E-state index in [1.807, 2.05) is 24.3 Å². The Morgan fingerprint density at radius 1 is 1.05 bits per heavy atom. The Hall–Kier alpha value is -1.58. The molecular weight excluding hydrogens is 312 g/mol. The van der Waals surface area contributed by atoms with Crippen molar-refractivity contribution < 1.29 is 0 Å². The summed E-state index contributed by atoms with van der Waals surface area (Å²) in [5.74, 6) is 0.540. The minimum Gasteiger partial charge on any atom is -0.362 e. The molecule has 0 aromatic heterocycles. The standard InChI is InChI=1S/C18H21ClN2S/c1-13(2)15-5-9-17(10-6-15)21-18(22)20-12-11-14-3-7-16(19)8-4-14/h3-10,13H,11-12H2,1-2H3,(H2,20,21,22). The van der Waals surface area contributed by atoms with Crippen LogP contribution < -0.4 is 10.6 Å². The van der Waals surface area contributed by atoms with E-state index in [1.54, 1.807) is 0 Å². The number of rotatable bonds is 5. The molecule has 0 unspecified atom stereocenters. The molecule has 0 radical (unpaired) electrons. The third-order valence-electron chi connectivity index (χ3n) is 3.45. The third kappa shape index (κ3) is 5.32. The molecule has 0 saturated heterocycles. The van der Waals surface area contributed by atoms with Crippen LogP contribution in [-0.4, -0.2) is 11.7 Å². The van der Waals surface area contributed by atoms with Crippen LogP contribution in [0.2, 0.25) is 5.02 Å². The number of halogens is 1. The van der Waals surface area contributed by atoms with Crippen LogP contribution in [0.3, 0.4) is 0 Å². The van der Waals surface area contributed by atoms with E-state index >= 15 is 0 Å². The van der Waals surface area contributed by atoms with Gasteiger partial charge < -0.3 is 10.6 Å². The smallest absolute Gasteiger partial charge is 0.170 e. The van der Waals surface area contributed by atoms with Gasteiger partial charge in [-0.3, -0.25) is 0 Å². The van der Waals surface area contributed by atoms with E-state index in [4.69, 9.17) is 23.8 Å². The maximum Gasteiger partial charge on any atom is 0.170 e. The molecule has 0 fully saturated rings. The van der Waals surface area contributed by atoms with Crippen molar-refractivity contribution in [2.75, 3.05) is 11.9 Å². The Balaban J connectivity index is 1.76. The van der Waals surface area contributed by atoms with E-state index < -0.39 is 0 Å². The first-order valence-electron chi connectivity index (χ1n) is 7.44. The zero-order valence-corrected chi connectivity index (χ0v) is 14.5. The first-order valence-corrected chi connectivity index (χ1v) is 8.22. The van der Waals surface area contributed by atoms with Crippen molar-refractivity contribution in [3.63, 3.8) is 0 Å². The molecule has 22 heavy (non-hydrogen) atoms. The molecule has 0 aliphatic rings. The molecule has 0 aliphatic carbocycles. The van der Waals surface area contributed by atoms with Gasteiger partial charge >= 0.3 is 0 Å². The van der Waals surface area contributed by atoms with Gasteiger partial charge in [-0.15, -0.1) is 0 Å². The predicted molar refractivity (Wildman–Crippen MR) is 99.9 cm³/mol. The van der Waals surface area contributed by atoms with Crippen molar-refractivity contribution in [2.24, 2.45) is 0 Å². The quantitative estimate of drug-likeness (QED) is 0.754. The molecule has 0 atom stereocenters. The highest BCUT2D eigenvalue weighted by atomic mass is 35.5. The van der Waals surface area contributed by atoms with Gasteiger partial charge in [0.25, 0.3) is 0 Å². The van der Waals surface area contributed by atoms with E-state index in [0.29, 0.717) is 11.0 Å². The van der Waals surface area contributed by atoms with Crippen molar-refractivity contribution in [3.8, 4) is 0 Å². The molecule has 0 aliphatic heterocycles. The molecule has 0 amide bonds. The number of anilines is 1. The Kier molecular flexibility index (Phi) is 6.22. The van der Waals surface area contributed by atoms with Crippen LogP contribution in [0.5, 0.6) is 0 Å². The Morgan fingerprint density at radius 2 is 1.68 bits per heavy atom. The van der Waals surface area contributed by atoms with Gasteiger partial charge in [0.2, 0.25) is 0 Å². The molecule has 2 aromatic carbocycles. The van der Waals surface area contributed by atoms with Gasteiger partial charge in [0.05, 0.1) is 0 Å². The maximum atomic E-state index is 5.87. The van der Waals surface area contributed by atoms with Gasteiger partial charge in [-0.1, -0.05) is 49.7 Å². The molecule has 2 rings (SSSR count).